The number of fused-ring (bicyclic) bond motifs is 1. The van der Waals surface area contributed by atoms with Crippen LogP contribution in [0.1, 0.15) is 37.2 Å². The van der Waals surface area contributed by atoms with E-state index in [0.717, 1.165) is 0 Å². The summed E-state index contributed by atoms with van der Waals surface area (Å²) in [5, 5.41) is 4.91. The Morgan fingerprint density at radius 1 is 1.26 bits per heavy atom. The summed E-state index contributed by atoms with van der Waals surface area (Å²) in [6, 6.07) is 5.16. The zero-order valence-corrected chi connectivity index (χ0v) is 16.0. The van der Waals surface area contributed by atoms with E-state index < -0.39 is 12.1 Å². The average Bonchev–Trinajstić information content (AvgIpc) is 3.29. The Labute approximate surface area is 156 Å². The molecule has 3 aromatic rings. The van der Waals surface area contributed by atoms with Crippen LogP contribution in [0.2, 0.25) is 0 Å². The smallest absolute Gasteiger partial charge is 0.339 e. The number of hydrogen-bond donors (Lipinski definition) is 0. The first-order valence-corrected chi connectivity index (χ1v) is 8.64. The number of likely N-dealkylation sites (N-methyl/N-ethyl adjacent to an activating group) is 1. The normalized spacial score (nSPS) is 12.4. The molecular formula is C19H22N4O4. The Hall–Kier alpha value is -3.16. The molecule has 1 atom stereocenters. The van der Waals surface area contributed by atoms with Gasteiger partial charge >= 0.3 is 5.97 Å². The molecule has 27 heavy (non-hydrogen) atoms. The van der Waals surface area contributed by atoms with Gasteiger partial charge in [0.15, 0.2) is 17.5 Å². The van der Waals surface area contributed by atoms with Gasteiger partial charge < -0.3 is 14.1 Å². The molecule has 3 heterocycles. The number of furan rings is 1. The van der Waals surface area contributed by atoms with E-state index in [4.69, 9.17) is 9.15 Å². The summed E-state index contributed by atoms with van der Waals surface area (Å²) < 4.78 is 12.5. The Morgan fingerprint density at radius 2 is 2.00 bits per heavy atom. The summed E-state index contributed by atoms with van der Waals surface area (Å²) in [7, 11) is 3.22. The Balaban J connectivity index is 2.08. The highest BCUT2D eigenvalue weighted by molar-refractivity contribution is 6.04. The molecule has 1 unspecified atom stereocenters. The molecule has 0 saturated heterocycles. The molecule has 142 valence electrons. The van der Waals surface area contributed by atoms with E-state index in [1.54, 1.807) is 50.1 Å². The van der Waals surface area contributed by atoms with E-state index in [0.29, 0.717) is 22.5 Å². The fraction of sp³-hybridized carbons (Fsp3) is 0.368. The van der Waals surface area contributed by atoms with Crippen LogP contribution >= 0.6 is 0 Å². The minimum absolute atomic E-state index is 0.0555. The number of hydrogen-bond acceptors (Lipinski definition) is 6. The topological polar surface area (TPSA) is 90.5 Å². The van der Waals surface area contributed by atoms with Crippen molar-refractivity contribution in [2.45, 2.75) is 32.9 Å². The molecule has 0 aromatic carbocycles. The van der Waals surface area contributed by atoms with Gasteiger partial charge in [0.2, 0.25) is 0 Å². The molecule has 0 aliphatic carbocycles. The maximum Gasteiger partial charge on any atom is 0.339 e. The van der Waals surface area contributed by atoms with Crippen molar-refractivity contribution in [1.82, 2.24) is 19.7 Å². The second kappa shape index (κ2) is 7.22. The number of esters is 1. The summed E-state index contributed by atoms with van der Waals surface area (Å²) in [6.45, 7) is 5.50. The first-order valence-electron chi connectivity index (χ1n) is 8.64. The predicted molar refractivity (Wildman–Crippen MR) is 99.2 cm³/mol. The highest BCUT2D eigenvalue weighted by Crippen LogP contribution is 2.27. The molecule has 0 radical (unpaired) electrons. The Morgan fingerprint density at radius 3 is 2.59 bits per heavy atom. The molecule has 3 rings (SSSR count). The first kappa shape index (κ1) is 18.6. The number of amides is 1. The molecule has 0 saturated carbocycles. The zero-order valence-electron chi connectivity index (χ0n) is 16.0. The number of ether oxygens (including phenoxy) is 1. The van der Waals surface area contributed by atoms with Gasteiger partial charge in [-0.2, -0.15) is 5.10 Å². The summed E-state index contributed by atoms with van der Waals surface area (Å²) >= 11 is 0. The quantitative estimate of drug-likeness (QED) is 0.642. The van der Waals surface area contributed by atoms with Gasteiger partial charge in [-0.1, -0.05) is 0 Å². The monoisotopic (exact) mass is 370 g/mol. The average molecular weight is 370 g/mol. The molecule has 1 amide bonds. The van der Waals surface area contributed by atoms with Crippen molar-refractivity contribution in [2.75, 3.05) is 14.1 Å². The third-order valence-electron chi connectivity index (χ3n) is 4.12. The first-order chi connectivity index (χ1) is 12.8. The second-order valence-electron chi connectivity index (χ2n) is 6.73. The standard InChI is InChI=1S/C19H22N4O4/c1-11(2)23-17-14(10-20-23)13(9-15(21-17)16-7-6-8-26-16)19(25)27-12(3)18(24)22(4)5/h6-12H,1-5H3. The van der Waals surface area contributed by atoms with Crippen LogP contribution in [-0.4, -0.2) is 51.7 Å². The molecule has 3 aromatic heterocycles. The van der Waals surface area contributed by atoms with Gasteiger partial charge in [0, 0.05) is 20.1 Å². The van der Waals surface area contributed by atoms with Gasteiger partial charge in [-0.15, -0.1) is 0 Å². The van der Waals surface area contributed by atoms with Crippen LogP contribution in [0.3, 0.4) is 0 Å². The van der Waals surface area contributed by atoms with Crippen molar-refractivity contribution in [3.63, 3.8) is 0 Å². The van der Waals surface area contributed by atoms with Gasteiger partial charge in [0.25, 0.3) is 5.91 Å². The van der Waals surface area contributed by atoms with Crippen LogP contribution in [0.25, 0.3) is 22.5 Å². The van der Waals surface area contributed by atoms with Crippen molar-refractivity contribution in [1.29, 1.82) is 0 Å². The Kier molecular flexibility index (Phi) is 4.98. The summed E-state index contributed by atoms with van der Waals surface area (Å²) in [5.74, 6) is -0.376. The van der Waals surface area contributed by atoms with Gasteiger partial charge in [-0.3, -0.25) is 4.79 Å². The van der Waals surface area contributed by atoms with Gasteiger partial charge in [-0.05, 0) is 39.0 Å². The third kappa shape index (κ3) is 3.55. The largest absolute Gasteiger partial charge is 0.463 e. The lowest BCUT2D eigenvalue weighted by molar-refractivity contribution is -0.137. The minimum atomic E-state index is -0.900. The molecule has 8 nitrogen and oxygen atoms in total. The van der Waals surface area contributed by atoms with Crippen molar-refractivity contribution < 1.29 is 18.7 Å². The highest BCUT2D eigenvalue weighted by atomic mass is 16.5. The molecular weight excluding hydrogens is 348 g/mol. The van der Waals surface area contributed by atoms with E-state index >= 15 is 0 Å². The fourth-order valence-electron chi connectivity index (χ4n) is 2.75. The van der Waals surface area contributed by atoms with Crippen LogP contribution in [0, 0.1) is 0 Å². The minimum Gasteiger partial charge on any atom is -0.463 e. The second-order valence-corrected chi connectivity index (χ2v) is 6.73. The Bertz CT molecular complexity index is 973. The molecule has 0 N–H and O–H groups in total. The van der Waals surface area contributed by atoms with Gasteiger partial charge in [-0.25, -0.2) is 14.5 Å². The maximum absolute atomic E-state index is 12.8. The number of rotatable bonds is 5. The van der Waals surface area contributed by atoms with Crippen LogP contribution < -0.4 is 0 Å². The van der Waals surface area contributed by atoms with E-state index in [1.165, 1.54) is 11.2 Å². The number of carbonyl (C=O) groups is 2. The van der Waals surface area contributed by atoms with Crippen molar-refractivity contribution in [3.05, 3.63) is 36.2 Å². The molecule has 0 spiro atoms. The molecule has 0 aliphatic heterocycles. The van der Waals surface area contributed by atoms with E-state index in [1.807, 2.05) is 13.8 Å². The van der Waals surface area contributed by atoms with Crippen LogP contribution in [0.15, 0.2) is 35.1 Å². The number of nitrogens with zero attached hydrogens (tertiary/aromatic N) is 4. The van der Waals surface area contributed by atoms with Crippen molar-refractivity contribution in [2.24, 2.45) is 0 Å². The summed E-state index contributed by atoms with van der Waals surface area (Å²) in [5.41, 5.74) is 1.34. The van der Waals surface area contributed by atoms with E-state index in [2.05, 4.69) is 10.1 Å². The molecule has 0 aliphatic rings. The zero-order chi connectivity index (χ0) is 19.7. The van der Waals surface area contributed by atoms with Gasteiger partial charge in [0.05, 0.1) is 23.4 Å². The van der Waals surface area contributed by atoms with Crippen LogP contribution in [0.5, 0.6) is 0 Å². The predicted octanol–water partition coefficient (Wildman–Crippen LogP) is 2.91. The molecule has 0 bridgehead atoms. The van der Waals surface area contributed by atoms with E-state index in [-0.39, 0.29) is 17.5 Å². The SMILES string of the molecule is CC(OC(=O)c1cc(-c2ccco2)nc2c1cnn2C(C)C)C(=O)N(C)C. The fourth-order valence-corrected chi connectivity index (χ4v) is 2.75. The number of pyridine rings is 1. The third-order valence-corrected chi connectivity index (χ3v) is 4.12. The highest BCUT2D eigenvalue weighted by Gasteiger charge is 2.24. The van der Waals surface area contributed by atoms with E-state index in [9.17, 15) is 9.59 Å². The number of carbonyl (C=O) groups excluding carboxylic acids is 2. The summed E-state index contributed by atoms with van der Waals surface area (Å²) in [6.07, 6.45) is 2.22. The van der Waals surface area contributed by atoms with Crippen molar-refractivity contribution in [3.8, 4) is 11.5 Å². The lowest BCUT2D eigenvalue weighted by Crippen LogP contribution is -2.34. The van der Waals surface area contributed by atoms with Gasteiger partial charge in [0.1, 0.15) is 5.69 Å². The number of aromatic nitrogens is 3. The lowest BCUT2D eigenvalue weighted by atomic mass is 10.1. The maximum atomic E-state index is 12.8. The van der Waals surface area contributed by atoms with Crippen LogP contribution in [0.4, 0.5) is 0 Å². The molecule has 8 heteroatoms. The lowest BCUT2D eigenvalue weighted by Gasteiger charge is -2.17. The molecule has 0 fully saturated rings. The van der Waals surface area contributed by atoms with Crippen LogP contribution in [-0.2, 0) is 9.53 Å². The van der Waals surface area contributed by atoms with Crippen molar-refractivity contribution >= 4 is 22.9 Å². The summed E-state index contributed by atoms with van der Waals surface area (Å²) in [4.78, 5) is 30.8.